The van der Waals surface area contributed by atoms with E-state index < -0.39 is 10.8 Å². The quantitative estimate of drug-likeness (QED) is 0.392. The van der Waals surface area contributed by atoms with Crippen LogP contribution in [0.2, 0.25) is 0 Å². The second-order valence-corrected chi connectivity index (χ2v) is 4.49. The number of para-hydroxylation sites is 1. The Morgan fingerprint density at radius 3 is 2.64 bits per heavy atom. The van der Waals surface area contributed by atoms with Crippen molar-refractivity contribution >= 4 is 23.0 Å². The minimum Gasteiger partial charge on any atom is -0.411 e. The predicted octanol–water partition coefficient (Wildman–Crippen LogP) is 3.05. The smallest absolute Gasteiger partial charge is 0.282 e. The zero-order valence-corrected chi connectivity index (χ0v) is 11.7. The summed E-state index contributed by atoms with van der Waals surface area (Å²) >= 11 is 0. The van der Waals surface area contributed by atoms with E-state index in [1.54, 1.807) is 37.3 Å². The molecule has 0 bridgehead atoms. The molecule has 0 spiro atoms. The van der Waals surface area contributed by atoms with Gasteiger partial charge in [0.2, 0.25) is 0 Å². The minimum atomic E-state index is -0.603. The number of oxime groups is 1. The molecule has 0 fully saturated rings. The molecule has 0 heterocycles. The van der Waals surface area contributed by atoms with E-state index in [0.29, 0.717) is 17.0 Å². The lowest BCUT2D eigenvalue weighted by Gasteiger charge is -2.07. The lowest BCUT2D eigenvalue weighted by atomic mass is 10.1. The first-order valence-electron chi connectivity index (χ1n) is 6.37. The number of nitrogens with one attached hydrogen (secondary N) is 1. The molecule has 112 valence electrons. The van der Waals surface area contributed by atoms with Crippen molar-refractivity contribution < 1.29 is 14.9 Å². The van der Waals surface area contributed by atoms with Gasteiger partial charge in [0.1, 0.15) is 5.56 Å². The number of carbonyl (C=O) groups excluding carboxylic acids is 1. The van der Waals surface area contributed by atoms with Crippen LogP contribution in [-0.4, -0.2) is 21.7 Å². The maximum atomic E-state index is 12.2. The minimum absolute atomic E-state index is 0.0227. The molecule has 2 rings (SSSR count). The van der Waals surface area contributed by atoms with E-state index in [1.165, 1.54) is 18.2 Å². The first-order valence-corrected chi connectivity index (χ1v) is 6.37. The molecule has 0 aliphatic heterocycles. The van der Waals surface area contributed by atoms with Gasteiger partial charge < -0.3 is 10.5 Å². The van der Waals surface area contributed by atoms with E-state index in [4.69, 9.17) is 5.21 Å². The number of amides is 1. The Kier molecular flexibility index (Phi) is 4.47. The van der Waals surface area contributed by atoms with Crippen molar-refractivity contribution in [2.45, 2.75) is 6.92 Å². The molecule has 2 aromatic rings. The fraction of sp³-hybridized carbons (Fsp3) is 0.0667. The predicted molar refractivity (Wildman–Crippen MR) is 81.5 cm³/mol. The van der Waals surface area contributed by atoms with Gasteiger partial charge in [-0.25, -0.2) is 0 Å². The van der Waals surface area contributed by atoms with Gasteiger partial charge in [-0.1, -0.05) is 29.4 Å². The largest absolute Gasteiger partial charge is 0.411 e. The van der Waals surface area contributed by atoms with Crippen LogP contribution >= 0.6 is 0 Å². The van der Waals surface area contributed by atoms with Crippen molar-refractivity contribution in [2.24, 2.45) is 5.16 Å². The van der Waals surface area contributed by atoms with Gasteiger partial charge in [-0.3, -0.25) is 14.9 Å². The monoisotopic (exact) mass is 299 g/mol. The lowest BCUT2D eigenvalue weighted by Crippen LogP contribution is -2.14. The van der Waals surface area contributed by atoms with Crippen LogP contribution in [0.4, 0.5) is 11.4 Å². The first kappa shape index (κ1) is 15.2. The van der Waals surface area contributed by atoms with Crippen molar-refractivity contribution in [3.05, 3.63) is 69.8 Å². The number of benzene rings is 2. The first-order chi connectivity index (χ1) is 10.5. The number of carbonyl (C=O) groups is 1. The number of nitrogens with zero attached hydrogens (tertiary/aromatic N) is 2. The molecule has 2 aromatic carbocycles. The van der Waals surface area contributed by atoms with Crippen LogP contribution in [0, 0.1) is 10.1 Å². The molecule has 0 aliphatic rings. The summed E-state index contributed by atoms with van der Waals surface area (Å²) in [7, 11) is 0. The number of hydrogen-bond donors (Lipinski definition) is 2. The highest BCUT2D eigenvalue weighted by Gasteiger charge is 2.19. The van der Waals surface area contributed by atoms with E-state index in [0.717, 1.165) is 0 Å². The van der Waals surface area contributed by atoms with Gasteiger partial charge in [-0.05, 0) is 25.1 Å². The van der Waals surface area contributed by atoms with E-state index >= 15 is 0 Å². The van der Waals surface area contributed by atoms with Crippen LogP contribution in [0.15, 0.2) is 53.7 Å². The molecule has 22 heavy (non-hydrogen) atoms. The molecule has 1 amide bonds. The molecule has 0 atom stereocenters. The van der Waals surface area contributed by atoms with Crippen LogP contribution in [0.25, 0.3) is 0 Å². The van der Waals surface area contributed by atoms with Crippen molar-refractivity contribution in [2.75, 3.05) is 5.32 Å². The van der Waals surface area contributed by atoms with Crippen LogP contribution in [-0.2, 0) is 0 Å². The number of nitro groups is 1. The third-order valence-electron chi connectivity index (χ3n) is 3.03. The Hall–Kier alpha value is -3.22. The Labute approximate surface area is 126 Å². The maximum Gasteiger partial charge on any atom is 0.282 e. The topological polar surface area (TPSA) is 105 Å². The van der Waals surface area contributed by atoms with Crippen molar-refractivity contribution in [3.63, 3.8) is 0 Å². The summed E-state index contributed by atoms with van der Waals surface area (Å²) in [6.07, 6.45) is 0. The maximum absolute atomic E-state index is 12.2. The van der Waals surface area contributed by atoms with E-state index in [2.05, 4.69) is 10.5 Å². The highest BCUT2D eigenvalue weighted by molar-refractivity contribution is 6.07. The second-order valence-electron chi connectivity index (χ2n) is 4.49. The van der Waals surface area contributed by atoms with Crippen LogP contribution < -0.4 is 5.32 Å². The van der Waals surface area contributed by atoms with Gasteiger partial charge in [0.25, 0.3) is 11.6 Å². The summed E-state index contributed by atoms with van der Waals surface area (Å²) in [5.41, 5.74) is 1.18. The molecule has 0 radical (unpaired) electrons. The number of nitro benzene ring substituents is 1. The summed E-state index contributed by atoms with van der Waals surface area (Å²) in [5.74, 6) is -0.581. The highest BCUT2D eigenvalue weighted by atomic mass is 16.6. The number of rotatable bonds is 4. The average molecular weight is 299 g/mol. The van der Waals surface area contributed by atoms with Crippen molar-refractivity contribution in [1.29, 1.82) is 0 Å². The third kappa shape index (κ3) is 3.26. The van der Waals surface area contributed by atoms with E-state index in [-0.39, 0.29) is 11.3 Å². The molecule has 0 unspecified atom stereocenters. The van der Waals surface area contributed by atoms with Crippen LogP contribution in [0.3, 0.4) is 0 Å². The Bertz CT molecular complexity index is 756. The van der Waals surface area contributed by atoms with Crippen LogP contribution in [0.1, 0.15) is 22.8 Å². The number of anilines is 1. The molecule has 0 saturated carbocycles. The molecule has 0 aliphatic carbocycles. The summed E-state index contributed by atoms with van der Waals surface area (Å²) in [6.45, 7) is 1.61. The fourth-order valence-corrected chi connectivity index (χ4v) is 1.90. The SMILES string of the molecule is C/C(=N\O)c1cccc(NC(=O)c2ccccc2[N+](=O)[O-])c1. The molecule has 0 aromatic heterocycles. The molecule has 0 saturated heterocycles. The van der Waals surface area contributed by atoms with Gasteiger partial charge in [-0.15, -0.1) is 0 Å². The Balaban J connectivity index is 2.28. The summed E-state index contributed by atoms with van der Waals surface area (Å²) in [4.78, 5) is 22.5. The molecular weight excluding hydrogens is 286 g/mol. The summed E-state index contributed by atoms with van der Waals surface area (Å²) < 4.78 is 0. The molecule has 7 heteroatoms. The van der Waals surface area contributed by atoms with Crippen molar-refractivity contribution in [1.82, 2.24) is 0 Å². The molecule has 2 N–H and O–H groups in total. The van der Waals surface area contributed by atoms with Gasteiger partial charge in [-0.2, -0.15) is 0 Å². The fourth-order valence-electron chi connectivity index (χ4n) is 1.90. The Morgan fingerprint density at radius 1 is 1.23 bits per heavy atom. The van der Waals surface area contributed by atoms with Crippen LogP contribution in [0.5, 0.6) is 0 Å². The van der Waals surface area contributed by atoms with Gasteiger partial charge in [0, 0.05) is 17.3 Å². The van der Waals surface area contributed by atoms with Crippen molar-refractivity contribution in [3.8, 4) is 0 Å². The molecule has 7 nitrogen and oxygen atoms in total. The second kappa shape index (κ2) is 6.49. The lowest BCUT2D eigenvalue weighted by molar-refractivity contribution is -0.385. The zero-order chi connectivity index (χ0) is 16.1. The summed E-state index contributed by atoms with van der Waals surface area (Å²) in [5, 5.41) is 25.4. The highest BCUT2D eigenvalue weighted by Crippen LogP contribution is 2.20. The third-order valence-corrected chi connectivity index (χ3v) is 3.03. The normalized spacial score (nSPS) is 11.0. The standard InChI is InChI=1S/C15H13N3O4/c1-10(17-20)11-5-4-6-12(9-11)16-15(19)13-7-2-3-8-14(13)18(21)22/h2-9,20H,1H3,(H,16,19)/b17-10+. The van der Waals surface area contributed by atoms with Gasteiger partial charge >= 0.3 is 0 Å². The van der Waals surface area contributed by atoms with E-state index in [1.807, 2.05) is 0 Å². The summed E-state index contributed by atoms with van der Waals surface area (Å²) in [6, 6.07) is 12.4. The van der Waals surface area contributed by atoms with Gasteiger partial charge in [0.05, 0.1) is 10.6 Å². The van der Waals surface area contributed by atoms with E-state index in [9.17, 15) is 14.9 Å². The zero-order valence-electron chi connectivity index (χ0n) is 11.7. The number of hydrogen-bond acceptors (Lipinski definition) is 5. The average Bonchev–Trinajstić information content (AvgIpc) is 2.54. The Morgan fingerprint density at radius 2 is 1.95 bits per heavy atom. The molecular formula is C15H13N3O4. The van der Waals surface area contributed by atoms with Gasteiger partial charge in [0.15, 0.2) is 0 Å².